The number of carbonyl (C=O) groups excluding carboxylic acids is 1. The summed E-state index contributed by atoms with van der Waals surface area (Å²) in [4.78, 5) is 29.6. The minimum Gasteiger partial charge on any atom is -0.449 e. The fourth-order valence-electron chi connectivity index (χ4n) is 0.873. The van der Waals surface area contributed by atoms with Gasteiger partial charge in [-0.15, -0.1) is 0 Å². The first-order valence-electron chi connectivity index (χ1n) is 4.31. The van der Waals surface area contributed by atoms with E-state index in [0.29, 0.717) is 0 Å². The van der Waals surface area contributed by atoms with E-state index in [1.54, 1.807) is 6.92 Å². The molecule has 0 fully saturated rings. The van der Waals surface area contributed by atoms with Crippen LogP contribution < -0.4 is 16.2 Å². The Bertz CT molecular complexity index is 415. The van der Waals surface area contributed by atoms with Crippen molar-refractivity contribution in [2.24, 2.45) is 0 Å². The molecule has 15 heavy (non-hydrogen) atoms. The molecule has 0 saturated carbocycles. The number of H-pyrrole nitrogens is 1. The van der Waals surface area contributed by atoms with Crippen molar-refractivity contribution in [2.45, 2.75) is 6.92 Å². The van der Waals surface area contributed by atoms with Crippen LogP contribution in [0.15, 0.2) is 11.0 Å². The second-order valence-corrected chi connectivity index (χ2v) is 2.75. The van der Waals surface area contributed by atoms with Crippen LogP contribution in [0.5, 0.6) is 0 Å². The summed E-state index contributed by atoms with van der Waals surface area (Å²) in [5, 5.41) is 0. The molecule has 1 amide bonds. The van der Waals surface area contributed by atoms with Gasteiger partial charge in [0.2, 0.25) is 5.95 Å². The summed E-state index contributed by atoms with van der Waals surface area (Å²) in [7, 11) is 1.44. The number of aromatic nitrogens is 2. The summed E-state index contributed by atoms with van der Waals surface area (Å²) in [6, 6.07) is 0. The first kappa shape index (κ1) is 11.0. The van der Waals surface area contributed by atoms with E-state index in [9.17, 15) is 9.59 Å². The Balaban J connectivity index is 2.92. The summed E-state index contributed by atoms with van der Waals surface area (Å²) >= 11 is 0. The molecule has 1 rings (SSSR count). The third-order valence-corrected chi connectivity index (χ3v) is 1.67. The zero-order chi connectivity index (χ0) is 11.4. The van der Waals surface area contributed by atoms with E-state index in [1.807, 2.05) is 0 Å². The van der Waals surface area contributed by atoms with Gasteiger partial charge in [0, 0.05) is 7.05 Å². The molecule has 82 valence electrons. The number of nitrogen functional groups attached to an aromatic ring is 1. The van der Waals surface area contributed by atoms with Crippen molar-refractivity contribution in [1.82, 2.24) is 9.97 Å². The lowest BCUT2D eigenvalue weighted by Crippen LogP contribution is -2.30. The lowest BCUT2D eigenvalue weighted by molar-refractivity contribution is 0.161. The summed E-state index contributed by atoms with van der Waals surface area (Å²) in [6.45, 7) is 1.94. The highest BCUT2D eigenvalue weighted by atomic mass is 16.6. The van der Waals surface area contributed by atoms with Crippen LogP contribution in [0.4, 0.5) is 16.4 Å². The standard InChI is InChI=1S/C8H12N4O3/c1-3-15-8(14)12(2)7-10-4-5(9)6(13)11-7/h4H,3,9H2,1-2H3,(H,10,11,13). The largest absolute Gasteiger partial charge is 0.449 e. The number of amides is 1. The Kier molecular flexibility index (Phi) is 3.27. The molecule has 1 aromatic rings. The number of nitrogens with one attached hydrogen (secondary N) is 1. The smallest absolute Gasteiger partial charge is 0.416 e. The highest BCUT2D eigenvalue weighted by Crippen LogP contribution is 2.03. The number of aromatic amines is 1. The predicted octanol–water partition coefficient (Wildman–Crippen LogP) is -0.0552. The van der Waals surface area contributed by atoms with Gasteiger partial charge >= 0.3 is 6.09 Å². The number of ether oxygens (including phenoxy) is 1. The Morgan fingerprint density at radius 3 is 2.93 bits per heavy atom. The maximum absolute atomic E-state index is 11.3. The van der Waals surface area contributed by atoms with E-state index < -0.39 is 11.7 Å². The number of hydrogen-bond acceptors (Lipinski definition) is 5. The van der Waals surface area contributed by atoms with Gasteiger partial charge in [-0.3, -0.25) is 14.7 Å². The summed E-state index contributed by atoms with van der Waals surface area (Å²) in [5.74, 6) is 0.0904. The Morgan fingerprint density at radius 1 is 1.73 bits per heavy atom. The second-order valence-electron chi connectivity index (χ2n) is 2.75. The Hall–Kier alpha value is -2.05. The molecule has 0 aromatic carbocycles. The van der Waals surface area contributed by atoms with Gasteiger partial charge in [0.25, 0.3) is 5.56 Å². The van der Waals surface area contributed by atoms with Crippen LogP contribution in [0.3, 0.4) is 0 Å². The molecule has 0 saturated heterocycles. The van der Waals surface area contributed by atoms with Gasteiger partial charge in [-0.2, -0.15) is 0 Å². The number of nitrogens with zero attached hydrogens (tertiary/aromatic N) is 2. The van der Waals surface area contributed by atoms with Gasteiger partial charge in [0.05, 0.1) is 12.8 Å². The Labute approximate surface area is 85.9 Å². The van der Waals surface area contributed by atoms with Crippen LogP contribution in [0.1, 0.15) is 6.92 Å². The van der Waals surface area contributed by atoms with Gasteiger partial charge in [0.1, 0.15) is 5.69 Å². The fraction of sp³-hybridized carbons (Fsp3) is 0.375. The number of carbonyl (C=O) groups is 1. The number of rotatable bonds is 2. The molecule has 0 bridgehead atoms. The van der Waals surface area contributed by atoms with E-state index >= 15 is 0 Å². The average Bonchev–Trinajstić information content (AvgIpc) is 2.21. The van der Waals surface area contributed by atoms with Gasteiger partial charge < -0.3 is 10.5 Å². The minimum atomic E-state index is -0.592. The van der Waals surface area contributed by atoms with E-state index in [-0.39, 0.29) is 18.2 Å². The molecule has 7 heteroatoms. The first-order valence-corrected chi connectivity index (χ1v) is 4.31. The van der Waals surface area contributed by atoms with Gasteiger partial charge in [-0.1, -0.05) is 0 Å². The van der Waals surface area contributed by atoms with Crippen molar-refractivity contribution < 1.29 is 9.53 Å². The van der Waals surface area contributed by atoms with Crippen LogP contribution in [0, 0.1) is 0 Å². The van der Waals surface area contributed by atoms with Crippen molar-refractivity contribution in [2.75, 3.05) is 24.3 Å². The van der Waals surface area contributed by atoms with Crippen molar-refractivity contribution in [3.8, 4) is 0 Å². The van der Waals surface area contributed by atoms with E-state index in [1.165, 1.54) is 13.2 Å². The van der Waals surface area contributed by atoms with Crippen LogP contribution in [0.25, 0.3) is 0 Å². The molecule has 7 nitrogen and oxygen atoms in total. The minimum absolute atomic E-state index is 0.00370. The maximum Gasteiger partial charge on any atom is 0.416 e. The average molecular weight is 212 g/mol. The monoisotopic (exact) mass is 212 g/mol. The van der Waals surface area contributed by atoms with E-state index in [2.05, 4.69) is 9.97 Å². The van der Waals surface area contributed by atoms with Gasteiger partial charge in [-0.25, -0.2) is 9.78 Å². The Morgan fingerprint density at radius 2 is 2.40 bits per heavy atom. The maximum atomic E-state index is 11.3. The first-order chi connectivity index (χ1) is 7.06. The predicted molar refractivity (Wildman–Crippen MR) is 54.7 cm³/mol. The number of nitrogens with two attached hydrogens (primary N) is 1. The number of anilines is 2. The molecule has 1 aromatic heterocycles. The molecule has 0 aliphatic heterocycles. The molecule has 0 radical (unpaired) electrons. The van der Waals surface area contributed by atoms with Gasteiger partial charge in [-0.05, 0) is 6.92 Å². The quantitative estimate of drug-likeness (QED) is 0.715. The normalized spacial score (nSPS) is 9.73. The molecule has 0 unspecified atom stereocenters. The third-order valence-electron chi connectivity index (χ3n) is 1.67. The summed E-state index contributed by atoms with van der Waals surface area (Å²) in [5.41, 5.74) is 4.79. The SMILES string of the molecule is CCOC(=O)N(C)c1ncc(N)c(=O)[nH]1. The molecule has 0 atom stereocenters. The van der Waals surface area contributed by atoms with Crippen molar-refractivity contribution in [3.63, 3.8) is 0 Å². The van der Waals surface area contributed by atoms with Crippen LogP contribution in [-0.2, 0) is 4.74 Å². The van der Waals surface area contributed by atoms with Crippen molar-refractivity contribution in [1.29, 1.82) is 0 Å². The van der Waals surface area contributed by atoms with Crippen molar-refractivity contribution >= 4 is 17.7 Å². The lowest BCUT2D eigenvalue weighted by Gasteiger charge is -2.14. The molecule has 0 aliphatic carbocycles. The zero-order valence-electron chi connectivity index (χ0n) is 8.48. The second kappa shape index (κ2) is 4.45. The van der Waals surface area contributed by atoms with Gasteiger partial charge in [0.15, 0.2) is 0 Å². The van der Waals surface area contributed by atoms with Crippen LogP contribution in [0.2, 0.25) is 0 Å². The number of hydrogen-bond donors (Lipinski definition) is 2. The topological polar surface area (TPSA) is 101 Å². The summed E-state index contributed by atoms with van der Waals surface area (Å²) in [6.07, 6.45) is 0.592. The molecule has 0 aliphatic rings. The van der Waals surface area contributed by atoms with Crippen LogP contribution in [-0.4, -0.2) is 29.7 Å². The molecular formula is C8H12N4O3. The molecular weight excluding hydrogens is 200 g/mol. The molecule has 0 spiro atoms. The highest BCUT2D eigenvalue weighted by molar-refractivity contribution is 5.84. The molecule has 3 N–H and O–H groups in total. The fourth-order valence-corrected chi connectivity index (χ4v) is 0.873. The lowest BCUT2D eigenvalue weighted by atomic mass is 10.5. The molecule has 1 heterocycles. The third kappa shape index (κ3) is 2.46. The van der Waals surface area contributed by atoms with Crippen molar-refractivity contribution in [3.05, 3.63) is 16.6 Å². The van der Waals surface area contributed by atoms with Crippen LogP contribution >= 0.6 is 0 Å². The highest BCUT2D eigenvalue weighted by Gasteiger charge is 2.13. The van der Waals surface area contributed by atoms with E-state index in [4.69, 9.17) is 10.5 Å². The summed E-state index contributed by atoms with van der Waals surface area (Å²) < 4.78 is 4.72. The zero-order valence-corrected chi connectivity index (χ0v) is 8.48. The van der Waals surface area contributed by atoms with E-state index in [0.717, 1.165) is 4.90 Å².